The molecule has 0 amide bonds. The van der Waals surface area contributed by atoms with Gasteiger partial charge in [-0.3, -0.25) is 9.89 Å². The van der Waals surface area contributed by atoms with Crippen LogP contribution in [0, 0.1) is 5.82 Å². The number of hydrogen-bond donors (Lipinski definition) is 2. The smallest absolute Gasteiger partial charge is 0.191 e. The molecule has 1 fully saturated rings. The van der Waals surface area contributed by atoms with E-state index in [1.165, 1.54) is 17.7 Å². The van der Waals surface area contributed by atoms with Gasteiger partial charge in [0.05, 0.1) is 19.3 Å². The minimum atomic E-state index is -0.210. The van der Waals surface area contributed by atoms with Crippen LogP contribution in [0.1, 0.15) is 23.6 Å². The molecule has 0 aromatic heterocycles. The first-order chi connectivity index (χ1) is 14.3. The lowest BCUT2D eigenvalue weighted by Crippen LogP contribution is -2.46. The minimum absolute atomic E-state index is 0. The molecule has 2 N–H and O–H groups in total. The first-order valence-corrected chi connectivity index (χ1v) is 10.3. The summed E-state index contributed by atoms with van der Waals surface area (Å²) in [6.07, 6.45) is 2.08. The standard InChI is InChI=1S/C23H31FN4O.HI/c1-25-23(26-13-5-8-19-6-3-2-4-7-19)27-18-22(28-14-16-29-17-15-28)20-9-11-21(24)12-10-20;/h2-4,6-7,9-12,22H,5,8,13-18H2,1H3,(H2,25,26,27);1H. The third-order valence-electron chi connectivity index (χ3n) is 5.21. The van der Waals surface area contributed by atoms with Gasteiger partial charge in [0.15, 0.2) is 5.96 Å². The molecule has 7 heteroatoms. The number of halogens is 2. The third-order valence-corrected chi connectivity index (χ3v) is 5.21. The molecule has 1 heterocycles. The number of nitrogens with zero attached hydrogens (tertiary/aromatic N) is 2. The third kappa shape index (κ3) is 7.85. The van der Waals surface area contributed by atoms with Gasteiger partial charge >= 0.3 is 0 Å². The second kappa shape index (κ2) is 13.6. The molecule has 0 saturated carbocycles. The van der Waals surface area contributed by atoms with Gasteiger partial charge in [0.1, 0.15) is 5.82 Å². The molecule has 30 heavy (non-hydrogen) atoms. The zero-order valence-corrected chi connectivity index (χ0v) is 19.8. The van der Waals surface area contributed by atoms with Crippen LogP contribution in [0.15, 0.2) is 59.6 Å². The lowest BCUT2D eigenvalue weighted by atomic mass is 10.0. The maximum Gasteiger partial charge on any atom is 0.191 e. The van der Waals surface area contributed by atoms with Crippen molar-refractivity contribution < 1.29 is 9.13 Å². The van der Waals surface area contributed by atoms with Crippen molar-refractivity contribution in [2.75, 3.05) is 46.4 Å². The summed E-state index contributed by atoms with van der Waals surface area (Å²) in [6, 6.07) is 17.4. The Morgan fingerprint density at radius 2 is 1.77 bits per heavy atom. The normalized spacial score (nSPS) is 15.9. The van der Waals surface area contributed by atoms with E-state index in [0.29, 0.717) is 6.54 Å². The Bertz CT molecular complexity index is 752. The van der Waals surface area contributed by atoms with Crippen molar-refractivity contribution in [3.8, 4) is 0 Å². The van der Waals surface area contributed by atoms with Crippen molar-refractivity contribution in [3.63, 3.8) is 0 Å². The van der Waals surface area contributed by atoms with Crippen LogP contribution in [0.25, 0.3) is 0 Å². The van der Waals surface area contributed by atoms with Gasteiger partial charge in [-0.2, -0.15) is 0 Å². The summed E-state index contributed by atoms with van der Waals surface area (Å²) in [5.41, 5.74) is 2.45. The van der Waals surface area contributed by atoms with E-state index < -0.39 is 0 Å². The van der Waals surface area contributed by atoms with Crippen LogP contribution in [-0.4, -0.2) is 57.3 Å². The summed E-state index contributed by atoms with van der Waals surface area (Å²) in [5, 5.41) is 6.84. The fourth-order valence-corrected chi connectivity index (χ4v) is 3.59. The predicted molar refractivity (Wildman–Crippen MR) is 131 cm³/mol. The maximum atomic E-state index is 13.4. The largest absolute Gasteiger partial charge is 0.379 e. The van der Waals surface area contributed by atoms with E-state index in [0.717, 1.165) is 57.2 Å². The Morgan fingerprint density at radius 3 is 2.43 bits per heavy atom. The van der Waals surface area contributed by atoms with Gasteiger partial charge < -0.3 is 15.4 Å². The second-order valence-electron chi connectivity index (χ2n) is 7.18. The summed E-state index contributed by atoms with van der Waals surface area (Å²) in [4.78, 5) is 6.73. The molecule has 1 saturated heterocycles. The molecular weight excluding hydrogens is 494 g/mol. The van der Waals surface area contributed by atoms with Crippen LogP contribution in [0.3, 0.4) is 0 Å². The molecule has 0 aliphatic carbocycles. The number of benzene rings is 2. The van der Waals surface area contributed by atoms with E-state index in [-0.39, 0.29) is 35.8 Å². The van der Waals surface area contributed by atoms with Gasteiger partial charge in [0.2, 0.25) is 0 Å². The second-order valence-corrected chi connectivity index (χ2v) is 7.18. The molecule has 1 atom stereocenters. The maximum absolute atomic E-state index is 13.4. The highest BCUT2D eigenvalue weighted by atomic mass is 127. The Labute approximate surface area is 196 Å². The molecule has 2 aromatic carbocycles. The van der Waals surface area contributed by atoms with Crippen LogP contribution in [0.4, 0.5) is 4.39 Å². The molecule has 5 nitrogen and oxygen atoms in total. The fraction of sp³-hybridized carbons (Fsp3) is 0.435. The number of ether oxygens (including phenoxy) is 1. The number of rotatable bonds is 8. The van der Waals surface area contributed by atoms with E-state index in [1.807, 2.05) is 18.2 Å². The first-order valence-electron chi connectivity index (χ1n) is 10.3. The minimum Gasteiger partial charge on any atom is -0.379 e. The molecule has 0 spiro atoms. The fourth-order valence-electron chi connectivity index (χ4n) is 3.59. The van der Waals surface area contributed by atoms with Gasteiger partial charge in [-0.1, -0.05) is 42.5 Å². The van der Waals surface area contributed by atoms with Gasteiger partial charge in [-0.25, -0.2) is 4.39 Å². The van der Waals surface area contributed by atoms with E-state index >= 15 is 0 Å². The lowest BCUT2D eigenvalue weighted by molar-refractivity contribution is 0.0170. The van der Waals surface area contributed by atoms with Gasteiger partial charge in [0.25, 0.3) is 0 Å². The molecule has 0 bridgehead atoms. The summed E-state index contributed by atoms with van der Waals surface area (Å²) >= 11 is 0. The summed E-state index contributed by atoms with van der Waals surface area (Å²) in [5.74, 6) is 0.580. The highest BCUT2D eigenvalue weighted by molar-refractivity contribution is 14.0. The van der Waals surface area contributed by atoms with Crippen LogP contribution >= 0.6 is 24.0 Å². The van der Waals surface area contributed by atoms with Crippen molar-refractivity contribution in [2.45, 2.75) is 18.9 Å². The highest BCUT2D eigenvalue weighted by Gasteiger charge is 2.23. The van der Waals surface area contributed by atoms with Crippen molar-refractivity contribution in [3.05, 3.63) is 71.5 Å². The van der Waals surface area contributed by atoms with E-state index in [2.05, 4.69) is 44.8 Å². The summed E-state index contributed by atoms with van der Waals surface area (Å²) in [7, 11) is 1.79. The number of morpholine rings is 1. The molecule has 1 aliphatic rings. The number of hydrogen-bond acceptors (Lipinski definition) is 3. The monoisotopic (exact) mass is 526 g/mol. The molecule has 164 valence electrons. The lowest BCUT2D eigenvalue weighted by Gasteiger charge is -2.35. The van der Waals surface area contributed by atoms with E-state index in [4.69, 9.17) is 4.74 Å². The number of aryl methyl sites for hydroxylation is 1. The number of nitrogens with one attached hydrogen (secondary N) is 2. The average Bonchev–Trinajstić information content (AvgIpc) is 2.78. The molecule has 3 rings (SSSR count). The molecule has 2 aromatic rings. The van der Waals surface area contributed by atoms with E-state index in [9.17, 15) is 4.39 Å². The predicted octanol–water partition coefficient (Wildman–Crippen LogP) is 3.61. The Morgan fingerprint density at radius 1 is 1.07 bits per heavy atom. The van der Waals surface area contributed by atoms with Crippen molar-refractivity contribution in [1.82, 2.24) is 15.5 Å². The van der Waals surface area contributed by atoms with Crippen LogP contribution < -0.4 is 10.6 Å². The summed E-state index contributed by atoms with van der Waals surface area (Å²) in [6.45, 7) is 4.74. The van der Waals surface area contributed by atoms with Crippen LogP contribution in [-0.2, 0) is 11.2 Å². The zero-order chi connectivity index (χ0) is 20.3. The van der Waals surface area contributed by atoms with Gasteiger partial charge in [-0.15, -0.1) is 24.0 Å². The topological polar surface area (TPSA) is 48.9 Å². The molecule has 1 aliphatic heterocycles. The van der Waals surface area contributed by atoms with Gasteiger partial charge in [0, 0.05) is 33.2 Å². The highest BCUT2D eigenvalue weighted by Crippen LogP contribution is 2.21. The number of aliphatic imine (C=N–C) groups is 1. The molecule has 0 radical (unpaired) electrons. The van der Waals surface area contributed by atoms with Crippen LogP contribution in [0.2, 0.25) is 0 Å². The van der Waals surface area contributed by atoms with E-state index in [1.54, 1.807) is 7.05 Å². The van der Waals surface area contributed by atoms with Crippen molar-refractivity contribution >= 4 is 29.9 Å². The SMILES string of the molecule is CN=C(NCCCc1ccccc1)NCC(c1ccc(F)cc1)N1CCOCC1.I. The quantitative estimate of drug-likeness (QED) is 0.239. The van der Waals surface area contributed by atoms with Crippen molar-refractivity contribution in [2.24, 2.45) is 4.99 Å². The van der Waals surface area contributed by atoms with Gasteiger partial charge in [-0.05, 0) is 36.1 Å². The number of guanidine groups is 1. The first kappa shape index (κ1) is 24.6. The molecule has 1 unspecified atom stereocenters. The average molecular weight is 526 g/mol. The zero-order valence-electron chi connectivity index (χ0n) is 17.5. The Kier molecular flexibility index (Phi) is 11.1. The Hall–Kier alpha value is -1.71. The van der Waals surface area contributed by atoms with Crippen LogP contribution in [0.5, 0.6) is 0 Å². The van der Waals surface area contributed by atoms with Crippen molar-refractivity contribution in [1.29, 1.82) is 0 Å². The summed E-state index contributed by atoms with van der Waals surface area (Å²) < 4.78 is 18.9. The molecular formula is C23H32FIN4O. The Balaban J connectivity index is 0.00000320.